The molecule has 2 nitrogen and oxygen atoms in total. The maximum atomic E-state index is 2.68. The molecule has 98 valence electrons. The molecule has 2 saturated heterocycles. The van der Waals surface area contributed by atoms with Gasteiger partial charge in [0.15, 0.2) is 0 Å². The van der Waals surface area contributed by atoms with Crippen molar-refractivity contribution in [1.82, 2.24) is 4.90 Å². The van der Waals surface area contributed by atoms with Crippen LogP contribution in [0.15, 0.2) is 18.2 Å². The number of nitrogens with zero attached hydrogens (tertiary/aromatic N) is 2. The van der Waals surface area contributed by atoms with E-state index in [-0.39, 0.29) is 0 Å². The molecule has 0 bridgehead atoms. The van der Waals surface area contributed by atoms with Crippen LogP contribution in [0.3, 0.4) is 0 Å². The van der Waals surface area contributed by atoms with Gasteiger partial charge in [-0.2, -0.15) is 0 Å². The van der Waals surface area contributed by atoms with Crippen LogP contribution in [-0.4, -0.2) is 36.6 Å². The van der Waals surface area contributed by atoms with Crippen molar-refractivity contribution in [2.75, 3.05) is 24.5 Å². The van der Waals surface area contributed by atoms with Gasteiger partial charge in [-0.05, 0) is 63.4 Å². The molecule has 0 aromatic heterocycles. The number of benzene rings is 1. The number of piperazine rings is 1. The standard InChI is InChI=1S/C16H24N2/c1-12-7-13(2)9-16(8-12)18-11-15-5-4-6-17(15)10-14(18)3/h7-9,14-15H,4-6,10-11H2,1-3H3. The lowest BCUT2D eigenvalue weighted by Gasteiger charge is -2.43. The first-order valence-electron chi connectivity index (χ1n) is 7.22. The highest BCUT2D eigenvalue weighted by molar-refractivity contribution is 5.52. The quantitative estimate of drug-likeness (QED) is 0.749. The summed E-state index contributed by atoms with van der Waals surface area (Å²) in [5.41, 5.74) is 4.18. The first-order valence-corrected chi connectivity index (χ1v) is 7.22. The number of hydrogen-bond donors (Lipinski definition) is 0. The van der Waals surface area contributed by atoms with Crippen molar-refractivity contribution in [3.8, 4) is 0 Å². The van der Waals surface area contributed by atoms with E-state index >= 15 is 0 Å². The average Bonchev–Trinajstić information content (AvgIpc) is 2.73. The van der Waals surface area contributed by atoms with E-state index < -0.39 is 0 Å². The van der Waals surface area contributed by atoms with E-state index in [1.54, 1.807) is 0 Å². The summed E-state index contributed by atoms with van der Waals surface area (Å²) < 4.78 is 0. The Hall–Kier alpha value is -1.02. The first kappa shape index (κ1) is 12.0. The molecule has 1 aromatic carbocycles. The molecule has 0 radical (unpaired) electrons. The molecule has 2 fully saturated rings. The lowest BCUT2D eigenvalue weighted by atomic mass is 10.0. The van der Waals surface area contributed by atoms with E-state index in [9.17, 15) is 0 Å². The van der Waals surface area contributed by atoms with Crippen molar-refractivity contribution in [1.29, 1.82) is 0 Å². The second-order valence-electron chi connectivity index (χ2n) is 6.14. The third kappa shape index (κ3) is 2.14. The third-order valence-electron chi connectivity index (χ3n) is 4.48. The van der Waals surface area contributed by atoms with Crippen LogP contribution in [0.1, 0.15) is 30.9 Å². The molecular weight excluding hydrogens is 220 g/mol. The highest BCUT2D eigenvalue weighted by Gasteiger charge is 2.34. The van der Waals surface area contributed by atoms with E-state index in [2.05, 4.69) is 48.8 Å². The Morgan fingerprint density at radius 1 is 1.06 bits per heavy atom. The lowest BCUT2D eigenvalue weighted by Crippen LogP contribution is -2.55. The monoisotopic (exact) mass is 244 g/mol. The molecule has 2 heterocycles. The highest BCUT2D eigenvalue weighted by atomic mass is 15.3. The molecule has 0 spiro atoms. The first-order chi connectivity index (χ1) is 8.63. The zero-order valence-corrected chi connectivity index (χ0v) is 11.8. The zero-order valence-electron chi connectivity index (χ0n) is 11.8. The molecule has 2 aliphatic rings. The van der Waals surface area contributed by atoms with Gasteiger partial charge in [0.05, 0.1) is 0 Å². The molecule has 1 aromatic rings. The van der Waals surface area contributed by atoms with Crippen LogP contribution < -0.4 is 4.90 Å². The molecule has 18 heavy (non-hydrogen) atoms. The van der Waals surface area contributed by atoms with Gasteiger partial charge in [-0.15, -0.1) is 0 Å². The van der Waals surface area contributed by atoms with Crippen LogP contribution >= 0.6 is 0 Å². The summed E-state index contributed by atoms with van der Waals surface area (Å²) in [4.78, 5) is 5.30. The van der Waals surface area contributed by atoms with Gasteiger partial charge >= 0.3 is 0 Å². The fourth-order valence-corrected chi connectivity index (χ4v) is 3.66. The fourth-order valence-electron chi connectivity index (χ4n) is 3.66. The molecule has 2 unspecified atom stereocenters. The Balaban J connectivity index is 1.86. The Labute approximate surface area is 111 Å². The van der Waals surface area contributed by atoms with Crippen LogP contribution in [0.5, 0.6) is 0 Å². The minimum atomic E-state index is 0.639. The Kier molecular flexibility index (Phi) is 3.06. The highest BCUT2D eigenvalue weighted by Crippen LogP contribution is 2.29. The summed E-state index contributed by atoms with van der Waals surface area (Å²) in [5.74, 6) is 0. The number of aryl methyl sites for hydroxylation is 2. The Morgan fingerprint density at radius 3 is 2.50 bits per heavy atom. The number of fused-ring (bicyclic) bond motifs is 1. The molecule has 0 amide bonds. The maximum Gasteiger partial charge on any atom is 0.0389 e. The van der Waals surface area contributed by atoms with Gasteiger partial charge in [-0.25, -0.2) is 0 Å². The Morgan fingerprint density at radius 2 is 1.78 bits per heavy atom. The van der Waals surface area contributed by atoms with Crippen LogP contribution in [0, 0.1) is 13.8 Å². The largest absolute Gasteiger partial charge is 0.366 e. The second kappa shape index (κ2) is 4.58. The summed E-state index contributed by atoms with van der Waals surface area (Å²) in [6.45, 7) is 10.5. The van der Waals surface area contributed by atoms with Crippen molar-refractivity contribution in [3.63, 3.8) is 0 Å². The van der Waals surface area contributed by atoms with Crippen molar-refractivity contribution < 1.29 is 0 Å². The molecule has 2 heteroatoms. The van der Waals surface area contributed by atoms with Gasteiger partial charge in [0, 0.05) is 30.9 Å². The van der Waals surface area contributed by atoms with E-state index in [1.165, 1.54) is 49.3 Å². The molecule has 0 saturated carbocycles. The van der Waals surface area contributed by atoms with E-state index in [0.29, 0.717) is 6.04 Å². The van der Waals surface area contributed by atoms with Gasteiger partial charge in [-0.1, -0.05) is 6.07 Å². The van der Waals surface area contributed by atoms with Gasteiger partial charge < -0.3 is 4.90 Å². The summed E-state index contributed by atoms with van der Waals surface area (Å²) in [7, 11) is 0. The van der Waals surface area contributed by atoms with Crippen molar-refractivity contribution >= 4 is 5.69 Å². The molecule has 2 atom stereocenters. The normalized spacial score (nSPS) is 28.5. The zero-order chi connectivity index (χ0) is 12.7. The predicted octanol–water partition coefficient (Wildman–Crippen LogP) is 2.98. The third-order valence-corrected chi connectivity index (χ3v) is 4.48. The van der Waals surface area contributed by atoms with Crippen molar-refractivity contribution in [2.24, 2.45) is 0 Å². The number of anilines is 1. The van der Waals surface area contributed by atoms with Crippen LogP contribution in [0.25, 0.3) is 0 Å². The smallest absolute Gasteiger partial charge is 0.0389 e. The summed E-state index contributed by atoms with van der Waals surface area (Å²) in [5, 5.41) is 0. The lowest BCUT2D eigenvalue weighted by molar-refractivity contribution is 0.203. The van der Waals surface area contributed by atoms with Gasteiger partial charge in [-0.3, -0.25) is 4.90 Å². The SMILES string of the molecule is Cc1cc(C)cc(N2CC3CCCN3CC2C)c1. The maximum absolute atomic E-state index is 2.68. The molecule has 2 aliphatic heterocycles. The van der Waals surface area contributed by atoms with Gasteiger partial charge in [0.2, 0.25) is 0 Å². The summed E-state index contributed by atoms with van der Waals surface area (Å²) in [6, 6.07) is 8.38. The van der Waals surface area contributed by atoms with Crippen LogP contribution in [-0.2, 0) is 0 Å². The fraction of sp³-hybridized carbons (Fsp3) is 0.625. The molecule has 0 N–H and O–H groups in total. The van der Waals surface area contributed by atoms with Gasteiger partial charge in [0.25, 0.3) is 0 Å². The predicted molar refractivity (Wildman–Crippen MR) is 77.3 cm³/mol. The molecular formula is C16H24N2. The average molecular weight is 244 g/mol. The Bertz CT molecular complexity index is 420. The topological polar surface area (TPSA) is 6.48 Å². The number of hydrogen-bond acceptors (Lipinski definition) is 2. The van der Waals surface area contributed by atoms with Crippen LogP contribution in [0.4, 0.5) is 5.69 Å². The summed E-state index contributed by atoms with van der Waals surface area (Å²) in [6.07, 6.45) is 2.77. The minimum absolute atomic E-state index is 0.639. The van der Waals surface area contributed by atoms with Gasteiger partial charge in [0.1, 0.15) is 0 Å². The molecule has 3 rings (SSSR count). The summed E-state index contributed by atoms with van der Waals surface area (Å²) >= 11 is 0. The molecule has 0 aliphatic carbocycles. The number of rotatable bonds is 1. The van der Waals surface area contributed by atoms with Crippen molar-refractivity contribution in [2.45, 2.75) is 45.7 Å². The second-order valence-corrected chi connectivity index (χ2v) is 6.14. The van der Waals surface area contributed by atoms with E-state index in [1.807, 2.05) is 0 Å². The van der Waals surface area contributed by atoms with Crippen LogP contribution in [0.2, 0.25) is 0 Å². The van der Waals surface area contributed by atoms with Crippen molar-refractivity contribution in [3.05, 3.63) is 29.3 Å². The minimum Gasteiger partial charge on any atom is -0.366 e. The van der Waals surface area contributed by atoms with E-state index in [0.717, 1.165) is 6.04 Å². The van der Waals surface area contributed by atoms with E-state index in [4.69, 9.17) is 0 Å².